The van der Waals surface area contributed by atoms with Gasteiger partial charge in [-0.1, -0.05) is 6.07 Å². The van der Waals surface area contributed by atoms with Crippen LogP contribution in [-0.4, -0.2) is 65.1 Å². The number of urea groups is 1. The first-order valence-corrected chi connectivity index (χ1v) is 12.3. The number of aromatic nitrogens is 2. The summed E-state index contributed by atoms with van der Waals surface area (Å²) in [5.74, 6) is -1.53. The van der Waals surface area contributed by atoms with Crippen molar-refractivity contribution in [2.45, 2.75) is 24.0 Å². The van der Waals surface area contributed by atoms with Crippen LogP contribution in [-0.2, 0) is 10.0 Å². The number of rotatable bonds is 4. The number of benzene rings is 1. The number of aromatic amines is 1. The number of hydrogen-bond acceptors (Lipinski definition) is 4. The van der Waals surface area contributed by atoms with Gasteiger partial charge in [0.2, 0.25) is 10.0 Å². The number of amides is 2. The molecule has 2 N–H and O–H groups in total. The van der Waals surface area contributed by atoms with Crippen molar-refractivity contribution in [3.8, 4) is 0 Å². The molecule has 33 heavy (non-hydrogen) atoms. The lowest BCUT2D eigenvalue weighted by atomic mass is 9.90. The first kappa shape index (κ1) is 21.8. The molecule has 2 fully saturated rings. The number of sulfonamides is 1. The molecule has 0 aliphatic carbocycles. The van der Waals surface area contributed by atoms with E-state index in [9.17, 15) is 22.0 Å². The van der Waals surface area contributed by atoms with Gasteiger partial charge in [-0.15, -0.1) is 0 Å². The topological polar surface area (TPSA) is 98.4 Å². The average Bonchev–Trinajstić information content (AvgIpc) is 3.19. The van der Waals surface area contributed by atoms with E-state index in [1.165, 1.54) is 15.3 Å². The van der Waals surface area contributed by atoms with Gasteiger partial charge >= 0.3 is 6.03 Å². The van der Waals surface area contributed by atoms with E-state index in [4.69, 9.17) is 0 Å². The van der Waals surface area contributed by atoms with Crippen LogP contribution in [0.5, 0.6) is 0 Å². The summed E-state index contributed by atoms with van der Waals surface area (Å²) in [5, 5.41) is 2.53. The molecule has 8 nitrogen and oxygen atoms in total. The third kappa shape index (κ3) is 3.95. The van der Waals surface area contributed by atoms with Crippen molar-refractivity contribution in [2.75, 3.05) is 31.5 Å². The molecule has 0 saturated carbocycles. The summed E-state index contributed by atoms with van der Waals surface area (Å²) in [6.07, 6.45) is 5.08. The zero-order chi connectivity index (χ0) is 23.2. The smallest absolute Gasteiger partial charge is 0.322 e. The Hall–Kier alpha value is -3.05. The molecular formula is C22H23F2N5O3S. The van der Waals surface area contributed by atoms with Gasteiger partial charge in [0.25, 0.3) is 0 Å². The number of para-hydroxylation sites is 1. The molecule has 1 aromatic carbocycles. The molecule has 5 rings (SSSR count). The highest BCUT2D eigenvalue weighted by Crippen LogP contribution is 2.34. The number of pyridine rings is 1. The van der Waals surface area contributed by atoms with Crippen LogP contribution in [0.4, 0.5) is 19.3 Å². The second-order valence-corrected chi connectivity index (χ2v) is 10.6. The molecule has 0 atom stereocenters. The van der Waals surface area contributed by atoms with Crippen molar-refractivity contribution in [3.05, 3.63) is 59.9 Å². The maximum Gasteiger partial charge on any atom is 0.322 e. The highest BCUT2D eigenvalue weighted by Gasteiger charge is 2.44. The number of fused-ring (bicyclic) bond motifs is 1. The highest BCUT2D eigenvalue weighted by atomic mass is 32.2. The SMILES string of the molecule is O=C(Nc1c(F)cccc1F)N1CC(S(=O)(=O)N2CCC(c3c[nH]c4ncccc34)CC2)C1. The minimum Gasteiger partial charge on any atom is -0.346 e. The Bertz CT molecular complexity index is 1280. The maximum atomic E-state index is 13.7. The number of nitrogens with zero attached hydrogens (tertiary/aromatic N) is 3. The van der Waals surface area contributed by atoms with Gasteiger partial charge in [-0.2, -0.15) is 0 Å². The predicted octanol–water partition coefficient (Wildman–Crippen LogP) is 3.27. The fourth-order valence-corrected chi connectivity index (χ4v) is 6.42. The Morgan fingerprint density at radius 1 is 1.09 bits per heavy atom. The lowest BCUT2D eigenvalue weighted by Crippen LogP contribution is -2.61. The third-order valence-electron chi connectivity index (χ3n) is 6.49. The average molecular weight is 476 g/mol. The van der Waals surface area contributed by atoms with Gasteiger partial charge in [-0.25, -0.2) is 31.3 Å². The van der Waals surface area contributed by atoms with Gasteiger partial charge in [0, 0.05) is 44.0 Å². The Morgan fingerprint density at radius 2 is 1.79 bits per heavy atom. The molecular weight excluding hydrogens is 452 g/mol. The lowest BCUT2D eigenvalue weighted by molar-refractivity contribution is 0.179. The highest BCUT2D eigenvalue weighted by molar-refractivity contribution is 7.89. The molecule has 3 aromatic rings. The number of carbonyl (C=O) groups excluding carboxylic acids is 1. The van der Waals surface area contributed by atoms with E-state index in [0.29, 0.717) is 25.9 Å². The predicted molar refractivity (Wildman–Crippen MR) is 119 cm³/mol. The van der Waals surface area contributed by atoms with Crippen LogP contribution < -0.4 is 5.32 Å². The Labute approximate surface area is 189 Å². The van der Waals surface area contributed by atoms with Gasteiger partial charge in [-0.3, -0.25) is 0 Å². The fraction of sp³-hybridized carbons (Fsp3) is 0.364. The normalized spacial score (nSPS) is 18.4. The molecule has 2 aliphatic rings. The fourth-order valence-electron chi connectivity index (χ4n) is 4.54. The van der Waals surface area contributed by atoms with E-state index in [0.717, 1.165) is 28.7 Å². The minimum absolute atomic E-state index is 0.0156. The number of hydrogen-bond donors (Lipinski definition) is 2. The molecule has 0 radical (unpaired) electrons. The first-order valence-electron chi connectivity index (χ1n) is 10.8. The quantitative estimate of drug-likeness (QED) is 0.605. The summed E-state index contributed by atoms with van der Waals surface area (Å²) in [5.41, 5.74) is 1.44. The van der Waals surface area contributed by atoms with E-state index < -0.39 is 38.6 Å². The Balaban J connectivity index is 1.17. The molecule has 4 heterocycles. The van der Waals surface area contributed by atoms with E-state index in [1.54, 1.807) is 6.20 Å². The number of halogens is 2. The molecule has 11 heteroatoms. The van der Waals surface area contributed by atoms with Crippen LogP contribution in [0.2, 0.25) is 0 Å². The van der Waals surface area contributed by atoms with Crippen LogP contribution in [0.3, 0.4) is 0 Å². The summed E-state index contributed by atoms with van der Waals surface area (Å²) >= 11 is 0. The summed E-state index contributed by atoms with van der Waals surface area (Å²) < 4.78 is 55.1. The van der Waals surface area contributed by atoms with Crippen molar-refractivity contribution in [3.63, 3.8) is 0 Å². The van der Waals surface area contributed by atoms with Crippen molar-refractivity contribution in [1.29, 1.82) is 0 Å². The summed E-state index contributed by atoms with van der Waals surface area (Å²) in [7, 11) is -3.57. The van der Waals surface area contributed by atoms with Gasteiger partial charge in [0.15, 0.2) is 0 Å². The molecule has 2 aliphatic heterocycles. The largest absolute Gasteiger partial charge is 0.346 e. The van der Waals surface area contributed by atoms with Crippen LogP contribution in [0.25, 0.3) is 11.0 Å². The summed E-state index contributed by atoms with van der Waals surface area (Å²) in [4.78, 5) is 21.0. The summed E-state index contributed by atoms with van der Waals surface area (Å²) in [6, 6.07) is 6.45. The molecule has 2 aromatic heterocycles. The second-order valence-electron chi connectivity index (χ2n) is 8.42. The number of nitrogens with one attached hydrogen (secondary N) is 2. The van der Waals surface area contributed by atoms with E-state index in [1.807, 2.05) is 18.3 Å². The van der Waals surface area contributed by atoms with Crippen molar-refractivity contribution < 1.29 is 22.0 Å². The molecule has 0 unspecified atom stereocenters. The molecule has 174 valence electrons. The molecule has 0 bridgehead atoms. The van der Waals surface area contributed by atoms with E-state index in [2.05, 4.69) is 15.3 Å². The van der Waals surface area contributed by atoms with Crippen LogP contribution in [0.15, 0.2) is 42.7 Å². The third-order valence-corrected chi connectivity index (χ3v) is 8.71. The number of H-pyrrole nitrogens is 1. The van der Waals surface area contributed by atoms with Crippen LogP contribution in [0.1, 0.15) is 24.3 Å². The Kier molecular flexibility index (Phi) is 5.53. The lowest BCUT2D eigenvalue weighted by Gasteiger charge is -2.42. The zero-order valence-electron chi connectivity index (χ0n) is 17.7. The number of anilines is 1. The maximum absolute atomic E-state index is 13.7. The van der Waals surface area contributed by atoms with Crippen molar-refractivity contribution in [1.82, 2.24) is 19.2 Å². The van der Waals surface area contributed by atoms with Gasteiger partial charge in [-0.05, 0) is 48.6 Å². The van der Waals surface area contributed by atoms with Crippen molar-refractivity contribution in [2.24, 2.45) is 0 Å². The summed E-state index contributed by atoms with van der Waals surface area (Å²) in [6.45, 7) is 0.780. The van der Waals surface area contributed by atoms with Crippen LogP contribution >= 0.6 is 0 Å². The van der Waals surface area contributed by atoms with E-state index >= 15 is 0 Å². The van der Waals surface area contributed by atoms with Gasteiger partial charge in [0.1, 0.15) is 28.2 Å². The van der Waals surface area contributed by atoms with E-state index in [-0.39, 0.29) is 19.0 Å². The zero-order valence-corrected chi connectivity index (χ0v) is 18.5. The second kappa shape index (κ2) is 8.38. The molecule has 2 amide bonds. The molecule has 2 saturated heterocycles. The van der Waals surface area contributed by atoms with Gasteiger partial charge in [0.05, 0.1) is 0 Å². The van der Waals surface area contributed by atoms with Crippen molar-refractivity contribution >= 4 is 32.8 Å². The van der Waals surface area contributed by atoms with Crippen LogP contribution in [0, 0.1) is 11.6 Å². The first-order chi connectivity index (χ1) is 15.8. The minimum atomic E-state index is -3.57. The number of piperidine rings is 1. The molecule has 0 spiro atoms. The Morgan fingerprint density at radius 3 is 2.48 bits per heavy atom. The number of carbonyl (C=O) groups is 1. The number of likely N-dealkylation sites (tertiary alicyclic amines) is 1. The van der Waals surface area contributed by atoms with Gasteiger partial charge < -0.3 is 15.2 Å². The standard InChI is InChI=1S/C22H23F2N5O3S/c23-18-4-1-5-19(24)20(18)27-22(30)28-12-15(13-28)33(31,32)29-9-6-14(7-10-29)17-11-26-21-16(17)3-2-8-25-21/h1-5,8,11,14-15H,6-7,9-10,12-13H2,(H,25,26)(H,27,30). The monoisotopic (exact) mass is 475 g/mol.